The number of hydrogen-bond donors (Lipinski definition) is 2. The first-order valence-electron chi connectivity index (χ1n) is 9.40. The number of oxazole rings is 1. The van der Waals surface area contributed by atoms with E-state index in [2.05, 4.69) is 20.6 Å². The van der Waals surface area contributed by atoms with Crippen LogP contribution in [0.25, 0.3) is 11.5 Å². The van der Waals surface area contributed by atoms with Gasteiger partial charge in [-0.25, -0.2) is 4.98 Å². The summed E-state index contributed by atoms with van der Waals surface area (Å²) in [7, 11) is 1.64. The Hall–Kier alpha value is -1.78. The van der Waals surface area contributed by atoms with E-state index in [1.165, 1.54) is 0 Å². The molecule has 0 atom stereocenters. The molecule has 1 heterocycles. The van der Waals surface area contributed by atoms with Crippen LogP contribution in [0.1, 0.15) is 36.9 Å². The highest BCUT2D eigenvalue weighted by Gasteiger charge is 2.41. The van der Waals surface area contributed by atoms with Gasteiger partial charge in [-0.05, 0) is 44.7 Å². The lowest BCUT2D eigenvalue weighted by Gasteiger charge is -2.31. The lowest BCUT2D eigenvalue weighted by molar-refractivity contribution is -0.182. The predicted molar refractivity (Wildman–Crippen MR) is 117 cm³/mol. The molecule has 0 amide bonds. The van der Waals surface area contributed by atoms with Gasteiger partial charge in [0.05, 0.1) is 18.2 Å². The number of alkyl halides is 3. The minimum Gasteiger partial charge on any atom is -0.444 e. The Morgan fingerprint density at radius 3 is 2.41 bits per heavy atom. The molecule has 5 nitrogen and oxygen atoms in total. The number of nitrogens with one attached hydrogen (secondary N) is 2. The standard InChI is InChI=1S/C20H25F3N4O.HI/c1-13-3-5-14(6-4-13)18-26-17(12-28-18)11-25-19(24-2)27-16-9-7-15(8-10-16)20(21,22)23;/h3-6,12,15-16H,7-11H2,1-2H3,(H2,24,25,27);1H. The van der Waals surface area contributed by atoms with E-state index in [9.17, 15) is 13.2 Å². The summed E-state index contributed by atoms with van der Waals surface area (Å²) < 4.78 is 43.9. The Bertz CT molecular complexity index is 797. The van der Waals surface area contributed by atoms with E-state index >= 15 is 0 Å². The summed E-state index contributed by atoms with van der Waals surface area (Å²) >= 11 is 0. The Morgan fingerprint density at radius 2 is 1.83 bits per heavy atom. The zero-order valence-corrected chi connectivity index (χ0v) is 18.8. The van der Waals surface area contributed by atoms with Crippen molar-refractivity contribution in [3.63, 3.8) is 0 Å². The number of guanidine groups is 1. The van der Waals surface area contributed by atoms with E-state index in [-0.39, 0.29) is 42.9 Å². The molecule has 2 N–H and O–H groups in total. The molecule has 0 unspecified atom stereocenters. The highest BCUT2D eigenvalue weighted by molar-refractivity contribution is 14.0. The second kappa shape index (κ2) is 10.3. The molecule has 2 aromatic rings. The third-order valence-corrected chi connectivity index (χ3v) is 5.04. The predicted octanol–water partition coefficient (Wildman–Crippen LogP) is 5.05. The molecule has 160 valence electrons. The molecule has 9 heteroatoms. The average molecular weight is 522 g/mol. The summed E-state index contributed by atoms with van der Waals surface area (Å²) in [5, 5.41) is 6.35. The Kier molecular flexibility index (Phi) is 8.35. The molecule has 1 aromatic carbocycles. The van der Waals surface area contributed by atoms with Crippen molar-refractivity contribution in [2.45, 2.75) is 51.4 Å². The van der Waals surface area contributed by atoms with Crippen molar-refractivity contribution >= 4 is 29.9 Å². The van der Waals surface area contributed by atoms with E-state index in [4.69, 9.17) is 4.42 Å². The maximum absolute atomic E-state index is 12.8. The van der Waals surface area contributed by atoms with E-state index in [0.29, 0.717) is 31.2 Å². The van der Waals surface area contributed by atoms with Gasteiger partial charge < -0.3 is 15.1 Å². The number of hydrogen-bond acceptors (Lipinski definition) is 3. The van der Waals surface area contributed by atoms with Crippen molar-refractivity contribution in [1.29, 1.82) is 0 Å². The molecular weight excluding hydrogens is 496 g/mol. The number of rotatable bonds is 4. The quantitative estimate of drug-likeness (QED) is 0.335. The van der Waals surface area contributed by atoms with E-state index in [1.807, 2.05) is 31.2 Å². The number of halogens is 4. The van der Waals surface area contributed by atoms with Gasteiger partial charge >= 0.3 is 6.18 Å². The summed E-state index contributed by atoms with van der Waals surface area (Å²) in [6.45, 7) is 2.43. The largest absolute Gasteiger partial charge is 0.444 e. The first-order chi connectivity index (χ1) is 13.3. The van der Waals surface area contributed by atoms with Gasteiger partial charge in [0.15, 0.2) is 5.96 Å². The van der Waals surface area contributed by atoms with Crippen molar-refractivity contribution < 1.29 is 17.6 Å². The van der Waals surface area contributed by atoms with Crippen LogP contribution in [-0.4, -0.2) is 30.2 Å². The summed E-state index contributed by atoms with van der Waals surface area (Å²) in [4.78, 5) is 8.62. The molecule has 0 spiro atoms. The van der Waals surface area contributed by atoms with Crippen molar-refractivity contribution in [2.75, 3.05) is 7.05 Å². The van der Waals surface area contributed by atoms with Crippen molar-refractivity contribution in [3.05, 3.63) is 41.8 Å². The third-order valence-electron chi connectivity index (χ3n) is 5.04. The van der Waals surface area contributed by atoms with Crippen LogP contribution in [0.15, 0.2) is 39.9 Å². The fourth-order valence-electron chi connectivity index (χ4n) is 3.34. The SMILES string of the molecule is CN=C(NCc1coc(-c2ccc(C)cc2)n1)NC1CCC(C(F)(F)F)CC1.I. The third kappa shape index (κ3) is 6.61. The molecule has 1 aromatic heterocycles. The molecule has 0 aliphatic heterocycles. The van der Waals surface area contributed by atoms with E-state index < -0.39 is 12.1 Å². The summed E-state index contributed by atoms with van der Waals surface area (Å²) in [5.41, 5.74) is 2.79. The molecule has 1 fully saturated rings. The van der Waals surface area contributed by atoms with Gasteiger partial charge in [-0.15, -0.1) is 24.0 Å². The van der Waals surface area contributed by atoms with Gasteiger partial charge in [0.1, 0.15) is 6.26 Å². The lowest BCUT2D eigenvalue weighted by Crippen LogP contribution is -2.45. The molecule has 0 bridgehead atoms. The van der Waals surface area contributed by atoms with Crippen molar-refractivity contribution in [2.24, 2.45) is 10.9 Å². The van der Waals surface area contributed by atoms with Gasteiger partial charge in [0.2, 0.25) is 5.89 Å². The Labute approximate surface area is 185 Å². The topological polar surface area (TPSA) is 62.5 Å². The van der Waals surface area contributed by atoms with Gasteiger partial charge in [-0.3, -0.25) is 4.99 Å². The van der Waals surface area contributed by atoms with Crippen LogP contribution < -0.4 is 10.6 Å². The number of nitrogens with zero attached hydrogens (tertiary/aromatic N) is 2. The van der Waals surface area contributed by atoms with Gasteiger partial charge in [-0.2, -0.15) is 13.2 Å². The van der Waals surface area contributed by atoms with Gasteiger partial charge in [0.25, 0.3) is 0 Å². The molecule has 0 saturated heterocycles. The number of benzene rings is 1. The zero-order valence-electron chi connectivity index (χ0n) is 16.4. The highest BCUT2D eigenvalue weighted by atomic mass is 127. The first-order valence-corrected chi connectivity index (χ1v) is 9.40. The van der Waals surface area contributed by atoms with E-state index in [1.54, 1.807) is 13.3 Å². The minimum atomic E-state index is -4.09. The minimum absolute atomic E-state index is 0. The molecule has 29 heavy (non-hydrogen) atoms. The molecular formula is C20H26F3IN4O. The number of aliphatic imine (C=N–C) groups is 1. The van der Waals surface area contributed by atoms with Crippen LogP contribution in [0.4, 0.5) is 13.2 Å². The Morgan fingerprint density at radius 1 is 1.17 bits per heavy atom. The zero-order chi connectivity index (χ0) is 20.1. The van der Waals surface area contributed by atoms with Crippen LogP contribution in [0.3, 0.4) is 0 Å². The Balaban J connectivity index is 0.00000300. The maximum Gasteiger partial charge on any atom is 0.391 e. The molecule has 1 aliphatic carbocycles. The monoisotopic (exact) mass is 522 g/mol. The van der Waals surface area contributed by atoms with Crippen LogP contribution in [0, 0.1) is 12.8 Å². The molecule has 0 radical (unpaired) electrons. The van der Waals surface area contributed by atoms with Crippen LogP contribution in [-0.2, 0) is 6.54 Å². The second-order valence-electron chi connectivity index (χ2n) is 7.17. The highest BCUT2D eigenvalue weighted by Crippen LogP contribution is 2.37. The first kappa shape index (κ1) is 23.5. The fourth-order valence-corrected chi connectivity index (χ4v) is 3.34. The fraction of sp³-hybridized carbons (Fsp3) is 0.500. The smallest absolute Gasteiger partial charge is 0.391 e. The number of aromatic nitrogens is 1. The molecule has 1 saturated carbocycles. The summed E-state index contributed by atoms with van der Waals surface area (Å²) in [6, 6.07) is 7.89. The molecule has 1 aliphatic rings. The lowest BCUT2D eigenvalue weighted by atomic mass is 9.85. The van der Waals surface area contributed by atoms with Crippen molar-refractivity contribution in [3.8, 4) is 11.5 Å². The van der Waals surface area contributed by atoms with E-state index in [0.717, 1.165) is 16.8 Å². The normalized spacial score (nSPS) is 20.1. The second-order valence-corrected chi connectivity index (χ2v) is 7.17. The van der Waals surface area contributed by atoms with Crippen molar-refractivity contribution in [1.82, 2.24) is 15.6 Å². The maximum atomic E-state index is 12.8. The summed E-state index contributed by atoms with van der Waals surface area (Å²) in [6.07, 6.45) is -1.24. The average Bonchev–Trinajstić information content (AvgIpc) is 3.14. The van der Waals surface area contributed by atoms with Gasteiger partial charge in [-0.1, -0.05) is 17.7 Å². The van der Waals surface area contributed by atoms with Gasteiger partial charge in [0, 0.05) is 18.7 Å². The number of aryl methyl sites for hydroxylation is 1. The molecule has 3 rings (SSSR count). The van der Waals surface area contributed by atoms with Crippen LogP contribution >= 0.6 is 24.0 Å². The van der Waals surface area contributed by atoms with Crippen LogP contribution in [0.5, 0.6) is 0 Å². The summed E-state index contributed by atoms with van der Waals surface area (Å²) in [5.74, 6) is -0.0867. The van der Waals surface area contributed by atoms with Crippen LogP contribution in [0.2, 0.25) is 0 Å².